The van der Waals surface area contributed by atoms with Crippen LogP contribution in [0.5, 0.6) is 0 Å². The number of rotatable bonds is 3. The molecule has 2 rings (SSSR count). The molecule has 1 aromatic carbocycles. The second-order valence-electron chi connectivity index (χ2n) is 3.88. The molecule has 0 aliphatic carbocycles. The maximum Gasteiger partial charge on any atom is 0.0451 e. The van der Waals surface area contributed by atoms with Crippen LogP contribution in [0.15, 0.2) is 53.8 Å². The van der Waals surface area contributed by atoms with E-state index in [2.05, 4.69) is 29.3 Å². The summed E-state index contributed by atoms with van der Waals surface area (Å²) in [6, 6.07) is 10.3. The molecule has 16 heavy (non-hydrogen) atoms. The molecule has 0 fully saturated rings. The Morgan fingerprint density at radius 1 is 1.06 bits per heavy atom. The molecule has 3 nitrogen and oxygen atoms in total. The minimum absolute atomic E-state index is 0.548. The van der Waals surface area contributed by atoms with Crippen LogP contribution in [0.4, 0.5) is 5.69 Å². The number of hydrogen-bond donors (Lipinski definition) is 2. The zero-order valence-corrected chi connectivity index (χ0v) is 9.26. The summed E-state index contributed by atoms with van der Waals surface area (Å²) >= 11 is 0. The third-order valence-electron chi connectivity index (χ3n) is 2.67. The highest BCUT2D eigenvalue weighted by molar-refractivity contribution is 5.54. The van der Waals surface area contributed by atoms with Crippen molar-refractivity contribution in [3.05, 3.63) is 53.8 Å². The summed E-state index contributed by atoms with van der Waals surface area (Å²) in [5.41, 5.74) is 14.9. The SMILES string of the molecule is NCC1=CN(c2ccccc2)CC(CN)=C1. The van der Waals surface area contributed by atoms with Gasteiger partial charge in [0.15, 0.2) is 0 Å². The first kappa shape index (κ1) is 10.9. The summed E-state index contributed by atoms with van der Waals surface area (Å²) in [7, 11) is 0. The summed E-state index contributed by atoms with van der Waals surface area (Å²) in [5.74, 6) is 0. The molecule has 0 bridgehead atoms. The highest BCUT2D eigenvalue weighted by Gasteiger charge is 2.11. The first-order valence-corrected chi connectivity index (χ1v) is 5.45. The van der Waals surface area contributed by atoms with Gasteiger partial charge in [0.05, 0.1) is 0 Å². The van der Waals surface area contributed by atoms with Crippen LogP contribution in [-0.2, 0) is 0 Å². The molecule has 4 N–H and O–H groups in total. The van der Waals surface area contributed by atoms with Gasteiger partial charge < -0.3 is 16.4 Å². The predicted octanol–water partition coefficient (Wildman–Crippen LogP) is 1.23. The minimum Gasteiger partial charge on any atom is -0.344 e. The maximum absolute atomic E-state index is 5.70. The van der Waals surface area contributed by atoms with Crippen molar-refractivity contribution in [1.29, 1.82) is 0 Å². The number of nitrogens with two attached hydrogens (primary N) is 2. The number of nitrogens with zero attached hydrogens (tertiary/aromatic N) is 1. The van der Waals surface area contributed by atoms with Gasteiger partial charge in [0, 0.05) is 31.5 Å². The van der Waals surface area contributed by atoms with E-state index in [1.54, 1.807) is 0 Å². The van der Waals surface area contributed by atoms with Crippen LogP contribution in [0.25, 0.3) is 0 Å². The van der Waals surface area contributed by atoms with Gasteiger partial charge in [0.2, 0.25) is 0 Å². The van der Waals surface area contributed by atoms with Crippen molar-refractivity contribution in [3.63, 3.8) is 0 Å². The van der Waals surface area contributed by atoms with Crippen LogP contribution in [0.1, 0.15) is 0 Å². The van der Waals surface area contributed by atoms with E-state index in [-0.39, 0.29) is 0 Å². The molecular formula is C13H17N3. The van der Waals surface area contributed by atoms with Crippen LogP contribution in [0, 0.1) is 0 Å². The Balaban J connectivity index is 2.25. The van der Waals surface area contributed by atoms with Crippen molar-refractivity contribution >= 4 is 5.69 Å². The first-order valence-electron chi connectivity index (χ1n) is 5.45. The van der Waals surface area contributed by atoms with Gasteiger partial charge in [-0.05, 0) is 23.3 Å². The first-order chi connectivity index (χ1) is 7.83. The van der Waals surface area contributed by atoms with E-state index in [0.717, 1.165) is 12.1 Å². The van der Waals surface area contributed by atoms with Crippen molar-refractivity contribution in [2.75, 3.05) is 24.5 Å². The van der Waals surface area contributed by atoms with E-state index in [1.165, 1.54) is 11.3 Å². The highest BCUT2D eigenvalue weighted by Crippen LogP contribution is 2.20. The highest BCUT2D eigenvalue weighted by atomic mass is 15.1. The van der Waals surface area contributed by atoms with Gasteiger partial charge in [-0.25, -0.2) is 0 Å². The lowest BCUT2D eigenvalue weighted by Crippen LogP contribution is -2.27. The number of hydrogen-bond acceptors (Lipinski definition) is 3. The van der Waals surface area contributed by atoms with Gasteiger partial charge in [0.25, 0.3) is 0 Å². The van der Waals surface area contributed by atoms with Crippen molar-refractivity contribution < 1.29 is 0 Å². The monoisotopic (exact) mass is 215 g/mol. The van der Waals surface area contributed by atoms with E-state index >= 15 is 0 Å². The molecule has 0 spiro atoms. The van der Waals surface area contributed by atoms with Crippen LogP contribution in [-0.4, -0.2) is 19.6 Å². The lowest BCUT2D eigenvalue weighted by molar-refractivity contribution is 0.937. The molecule has 0 atom stereocenters. The van der Waals surface area contributed by atoms with Crippen LogP contribution < -0.4 is 16.4 Å². The number of para-hydroxylation sites is 1. The maximum atomic E-state index is 5.70. The summed E-state index contributed by atoms with van der Waals surface area (Å²) in [6.07, 6.45) is 4.19. The molecule has 1 aromatic rings. The van der Waals surface area contributed by atoms with E-state index in [9.17, 15) is 0 Å². The zero-order chi connectivity index (χ0) is 11.4. The molecule has 0 saturated carbocycles. The largest absolute Gasteiger partial charge is 0.344 e. The van der Waals surface area contributed by atoms with Gasteiger partial charge in [0.1, 0.15) is 0 Å². The van der Waals surface area contributed by atoms with E-state index in [4.69, 9.17) is 11.5 Å². The molecule has 0 saturated heterocycles. The molecule has 1 aliphatic heterocycles. The Bertz CT molecular complexity index is 406. The predicted molar refractivity (Wildman–Crippen MR) is 68.1 cm³/mol. The average Bonchev–Trinajstić information content (AvgIpc) is 2.39. The summed E-state index contributed by atoms with van der Waals surface area (Å²) < 4.78 is 0. The van der Waals surface area contributed by atoms with Gasteiger partial charge in [-0.2, -0.15) is 0 Å². The normalized spacial score (nSPS) is 15.8. The van der Waals surface area contributed by atoms with Crippen molar-refractivity contribution in [1.82, 2.24) is 0 Å². The fourth-order valence-corrected chi connectivity index (χ4v) is 1.83. The lowest BCUT2D eigenvalue weighted by atomic mass is 10.1. The van der Waals surface area contributed by atoms with Gasteiger partial charge in [-0.1, -0.05) is 24.3 Å². The van der Waals surface area contributed by atoms with E-state index in [0.29, 0.717) is 13.1 Å². The molecule has 1 heterocycles. The molecule has 0 radical (unpaired) electrons. The molecular weight excluding hydrogens is 198 g/mol. The summed E-state index contributed by atoms with van der Waals surface area (Å²) in [6.45, 7) is 1.98. The molecule has 0 unspecified atom stereocenters. The molecule has 3 heteroatoms. The molecule has 0 aromatic heterocycles. The third kappa shape index (κ3) is 2.32. The van der Waals surface area contributed by atoms with Gasteiger partial charge >= 0.3 is 0 Å². The van der Waals surface area contributed by atoms with Gasteiger partial charge in [-0.15, -0.1) is 0 Å². The van der Waals surface area contributed by atoms with Crippen LogP contribution >= 0.6 is 0 Å². The summed E-state index contributed by atoms with van der Waals surface area (Å²) in [5, 5.41) is 0. The number of anilines is 1. The standard InChI is InChI=1S/C13H17N3/c14-7-11-6-12(8-15)10-16(9-11)13-4-2-1-3-5-13/h1-6,9H,7-8,10,14-15H2. The Morgan fingerprint density at radius 3 is 2.44 bits per heavy atom. The van der Waals surface area contributed by atoms with Crippen molar-refractivity contribution in [2.24, 2.45) is 11.5 Å². The molecule has 0 amide bonds. The lowest BCUT2D eigenvalue weighted by Gasteiger charge is -2.26. The third-order valence-corrected chi connectivity index (χ3v) is 2.67. The minimum atomic E-state index is 0.548. The summed E-state index contributed by atoms with van der Waals surface area (Å²) in [4.78, 5) is 2.18. The van der Waals surface area contributed by atoms with E-state index < -0.39 is 0 Å². The van der Waals surface area contributed by atoms with Crippen molar-refractivity contribution in [3.8, 4) is 0 Å². The topological polar surface area (TPSA) is 55.3 Å². The van der Waals surface area contributed by atoms with Gasteiger partial charge in [-0.3, -0.25) is 0 Å². The Labute approximate surface area is 96.0 Å². The van der Waals surface area contributed by atoms with Crippen molar-refractivity contribution in [2.45, 2.75) is 0 Å². The number of benzene rings is 1. The van der Waals surface area contributed by atoms with Crippen LogP contribution in [0.2, 0.25) is 0 Å². The van der Waals surface area contributed by atoms with E-state index in [1.807, 2.05) is 18.2 Å². The smallest absolute Gasteiger partial charge is 0.0451 e. The van der Waals surface area contributed by atoms with Crippen LogP contribution in [0.3, 0.4) is 0 Å². The molecule has 84 valence electrons. The zero-order valence-electron chi connectivity index (χ0n) is 9.26. The Kier molecular flexibility index (Phi) is 3.39. The fourth-order valence-electron chi connectivity index (χ4n) is 1.83. The second-order valence-corrected chi connectivity index (χ2v) is 3.88. The Hall–Kier alpha value is -1.58. The second kappa shape index (κ2) is 4.96. The average molecular weight is 215 g/mol. The quantitative estimate of drug-likeness (QED) is 0.797. The fraction of sp³-hybridized carbons (Fsp3) is 0.231. The Morgan fingerprint density at radius 2 is 1.81 bits per heavy atom. The molecule has 1 aliphatic rings.